The SMILES string of the molecule is CC1(C)OC2C(O1)[C@@H](COP(=O)(O)N1CCOCC1)O[C@H]2n1cnc2c(N)ncnc21. The quantitative estimate of drug-likeness (QED) is 0.593. The number of nitrogen functional groups attached to an aromatic ring is 1. The minimum Gasteiger partial charge on any atom is -0.382 e. The monoisotopic (exact) mass is 456 g/mol. The van der Waals surface area contributed by atoms with Gasteiger partial charge in [0.2, 0.25) is 0 Å². The summed E-state index contributed by atoms with van der Waals surface area (Å²) in [6.07, 6.45) is 0.611. The van der Waals surface area contributed by atoms with Gasteiger partial charge in [0, 0.05) is 13.1 Å². The number of aromatic nitrogens is 4. The minimum absolute atomic E-state index is 0.147. The number of ether oxygens (including phenoxy) is 4. The van der Waals surface area contributed by atoms with E-state index in [1.54, 1.807) is 24.7 Å². The van der Waals surface area contributed by atoms with Crippen LogP contribution in [0.4, 0.5) is 5.82 Å². The molecule has 0 radical (unpaired) electrons. The van der Waals surface area contributed by atoms with Crippen molar-refractivity contribution in [2.24, 2.45) is 0 Å². The highest BCUT2D eigenvalue weighted by Crippen LogP contribution is 2.49. The molecule has 0 amide bonds. The van der Waals surface area contributed by atoms with E-state index in [0.717, 1.165) is 0 Å². The van der Waals surface area contributed by atoms with Crippen molar-refractivity contribution >= 4 is 24.7 Å². The Morgan fingerprint density at radius 1 is 1.26 bits per heavy atom. The number of nitrogens with two attached hydrogens (primary N) is 1. The summed E-state index contributed by atoms with van der Waals surface area (Å²) >= 11 is 0. The van der Waals surface area contributed by atoms with Gasteiger partial charge in [-0.05, 0) is 13.8 Å². The van der Waals surface area contributed by atoms with Gasteiger partial charge >= 0.3 is 7.75 Å². The topological polar surface area (TPSA) is 156 Å². The fourth-order valence-electron chi connectivity index (χ4n) is 4.13. The molecule has 5 atom stereocenters. The van der Waals surface area contributed by atoms with E-state index >= 15 is 0 Å². The van der Waals surface area contributed by atoms with Crippen LogP contribution in [0.1, 0.15) is 20.1 Å². The van der Waals surface area contributed by atoms with E-state index in [1.165, 1.54) is 11.0 Å². The van der Waals surface area contributed by atoms with Crippen molar-refractivity contribution in [3.05, 3.63) is 12.7 Å². The van der Waals surface area contributed by atoms with E-state index in [9.17, 15) is 9.46 Å². The standard InChI is InChI=1S/C17H25N6O7P/c1-17(2)29-12-10(7-27-31(24,25)22-3-5-26-6-4-22)28-16(13(12)30-17)23-9-21-11-14(18)19-8-20-15(11)23/h8-10,12-13,16H,3-7H2,1-2H3,(H,24,25)(H2,18,19,20)/t10-,12?,13?,16-/m1/s1. The number of nitrogens with zero attached hydrogens (tertiary/aromatic N) is 5. The van der Waals surface area contributed by atoms with Crippen LogP contribution in [0, 0.1) is 0 Å². The number of imidazole rings is 1. The molecule has 0 aromatic carbocycles. The van der Waals surface area contributed by atoms with E-state index in [0.29, 0.717) is 37.5 Å². The maximum absolute atomic E-state index is 12.7. The van der Waals surface area contributed by atoms with Gasteiger partial charge in [0.15, 0.2) is 23.5 Å². The molecule has 3 aliphatic rings. The highest BCUT2D eigenvalue weighted by atomic mass is 31.2. The molecule has 5 heterocycles. The third-order valence-electron chi connectivity index (χ3n) is 5.54. The van der Waals surface area contributed by atoms with Gasteiger partial charge in [-0.1, -0.05) is 0 Å². The lowest BCUT2D eigenvalue weighted by molar-refractivity contribution is -0.199. The number of hydrogen-bond donors (Lipinski definition) is 2. The molecule has 3 saturated heterocycles. The van der Waals surface area contributed by atoms with Gasteiger partial charge in [0.25, 0.3) is 0 Å². The first-order chi connectivity index (χ1) is 14.8. The summed E-state index contributed by atoms with van der Waals surface area (Å²) in [5, 5.41) is 0. The average Bonchev–Trinajstić information content (AvgIpc) is 3.39. The summed E-state index contributed by atoms with van der Waals surface area (Å²) in [4.78, 5) is 22.9. The lowest BCUT2D eigenvalue weighted by Crippen LogP contribution is -2.36. The molecule has 2 aromatic rings. The lowest BCUT2D eigenvalue weighted by Gasteiger charge is -2.30. The third kappa shape index (κ3) is 3.85. The van der Waals surface area contributed by atoms with Gasteiger partial charge < -0.3 is 29.6 Å². The number of anilines is 1. The molecule has 3 N–H and O–H groups in total. The van der Waals surface area contributed by atoms with E-state index in [2.05, 4.69) is 15.0 Å². The van der Waals surface area contributed by atoms with Crippen LogP contribution in [-0.2, 0) is 28.0 Å². The zero-order chi connectivity index (χ0) is 21.8. The maximum Gasteiger partial charge on any atom is 0.405 e. The Morgan fingerprint density at radius 2 is 2.00 bits per heavy atom. The van der Waals surface area contributed by atoms with Crippen molar-refractivity contribution in [1.29, 1.82) is 0 Å². The Hall–Kier alpha value is -1.70. The van der Waals surface area contributed by atoms with Crippen LogP contribution in [0.2, 0.25) is 0 Å². The van der Waals surface area contributed by atoms with Gasteiger partial charge in [-0.25, -0.2) is 24.2 Å². The van der Waals surface area contributed by atoms with Gasteiger partial charge in [-0.3, -0.25) is 9.09 Å². The number of hydrogen-bond acceptors (Lipinski definition) is 10. The van der Waals surface area contributed by atoms with Crippen molar-refractivity contribution in [3.8, 4) is 0 Å². The van der Waals surface area contributed by atoms with E-state index in [1.807, 2.05) is 0 Å². The second-order valence-electron chi connectivity index (χ2n) is 8.07. The average molecular weight is 456 g/mol. The van der Waals surface area contributed by atoms with Gasteiger partial charge in [-0.2, -0.15) is 0 Å². The summed E-state index contributed by atoms with van der Waals surface area (Å²) in [5.74, 6) is -0.596. The van der Waals surface area contributed by atoms with Gasteiger partial charge in [0.1, 0.15) is 30.2 Å². The van der Waals surface area contributed by atoms with Gasteiger partial charge in [-0.15, -0.1) is 0 Å². The van der Waals surface area contributed by atoms with Crippen LogP contribution in [-0.4, -0.2) is 86.1 Å². The molecule has 14 heteroatoms. The summed E-state index contributed by atoms with van der Waals surface area (Å²) in [7, 11) is -3.99. The van der Waals surface area contributed by atoms with Crippen molar-refractivity contribution in [1.82, 2.24) is 24.2 Å². The highest BCUT2D eigenvalue weighted by Gasteiger charge is 2.56. The fraction of sp³-hybridized carbons (Fsp3) is 0.706. The fourth-order valence-corrected chi connectivity index (χ4v) is 5.31. The first kappa shape index (κ1) is 21.2. The maximum atomic E-state index is 12.7. The Labute approximate surface area is 178 Å². The molecule has 0 bridgehead atoms. The highest BCUT2D eigenvalue weighted by molar-refractivity contribution is 7.50. The van der Waals surface area contributed by atoms with Crippen LogP contribution in [0.3, 0.4) is 0 Å². The second-order valence-corrected chi connectivity index (χ2v) is 9.87. The molecular weight excluding hydrogens is 431 g/mol. The molecule has 13 nitrogen and oxygen atoms in total. The smallest absolute Gasteiger partial charge is 0.382 e. The van der Waals surface area contributed by atoms with Crippen molar-refractivity contribution < 1.29 is 32.9 Å². The molecule has 0 spiro atoms. The van der Waals surface area contributed by atoms with Crippen LogP contribution in [0.15, 0.2) is 12.7 Å². The molecule has 0 aliphatic carbocycles. The minimum atomic E-state index is -3.99. The third-order valence-corrected chi connectivity index (χ3v) is 7.14. The van der Waals surface area contributed by atoms with Crippen LogP contribution >= 0.6 is 7.75 Å². The molecule has 3 unspecified atom stereocenters. The molecule has 3 aliphatic heterocycles. The largest absolute Gasteiger partial charge is 0.405 e. The number of morpholine rings is 1. The number of rotatable bonds is 5. The Balaban J connectivity index is 1.38. The van der Waals surface area contributed by atoms with Crippen LogP contribution < -0.4 is 5.73 Å². The van der Waals surface area contributed by atoms with E-state index in [-0.39, 0.29) is 12.4 Å². The zero-order valence-electron chi connectivity index (χ0n) is 17.2. The van der Waals surface area contributed by atoms with Crippen molar-refractivity contribution in [2.75, 3.05) is 38.6 Å². The molecule has 170 valence electrons. The Bertz CT molecular complexity index is 1010. The Morgan fingerprint density at radius 3 is 2.77 bits per heavy atom. The predicted octanol–water partition coefficient (Wildman–Crippen LogP) is 0.275. The predicted molar refractivity (Wildman–Crippen MR) is 106 cm³/mol. The van der Waals surface area contributed by atoms with Crippen LogP contribution in [0.5, 0.6) is 0 Å². The van der Waals surface area contributed by atoms with Gasteiger partial charge in [0.05, 0.1) is 26.1 Å². The molecule has 0 saturated carbocycles. The first-order valence-electron chi connectivity index (χ1n) is 10.00. The Kier molecular flexibility index (Phi) is 5.26. The van der Waals surface area contributed by atoms with Crippen LogP contribution in [0.25, 0.3) is 11.2 Å². The second kappa shape index (κ2) is 7.71. The van der Waals surface area contributed by atoms with E-state index < -0.39 is 38.1 Å². The normalized spacial score (nSPS) is 32.9. The zero-order valence-corrected chi connectivity index (χ0v) is 18.1. The summed E-state index contributed by atoms with van der Waals surface area (Å²) in [6, 6.07) is 0. The van der Waals surface area contributed by atoms with E-state index in [4.69, 9.17) is 29.2 Å². The number of fused-ring (bicyclic) bond motifs is 2. The summed E-state index contributed by atoms with van der Waals surface area (Å²) in [5.41, 5.74) is 6.84. The lowest BCUT2D eigenvalue weighted by atomic mass is 10.1. The summed E-state index contributed by atoms with van der Waals surface area (Å²) in [6.45, 7) is 4.86. The molecule has 31 heavy (non-hydrogen) atoms. The molecule has 2 aromatic heterocycles. The molecule has 5 rings (SSSR count). The molecule has 3 fully saturated rings. The van der Waals surface area contributed by atoms with Crippen molar-refractivity contribution in [3.63, 3.8) is 0 Å². The molecular formula is C17H25N6O7P. The first-order valence-corrected chi connectivity index (χ1v) is 11.5. The summed E-state index contributed by atoms with van der Waals surface area (Å²) < 4.78 is 44.8. The van der Waals surface area contributed by atoms with Crippen molar-refractivity contribution in [2.45, 2.75) is 44.2 Å².